The Hall–Kier alpha value is -7.64. The third-order valence-corrected chi connectivity index (χ3v) is 10.2. The van der Waals surface area contributed by atoms with Crippen LogP contribution >= 0.6 is 0 Å². The van der Waals surface area contributed by atoms with Gasteiger partial charge in [0.15, 0.2) is 0 Å². The Kier molecular flexibility index (Phi) is 20.4. The van der Waals surface area contributed by atoms with E-state index in [0.29, 0.717) is 17.7 Å². The Bertz CT molecular complexity index is 2080. The van der Waals surface area contributed by atoms with E-state index in [9.17, 15) is 57.8 Å². The number of phenols is 1. The lowest BCUT2D eigenvalue weighted by molar-refractivity contribution is -0.140. The third kappa shape index (κ3) is 17.5. The fourth-order valence-corrected chi connectivity index (χ4v) is 6.50. The summed E-state index contributed by atoms with van der Waals surface area (Å²) in [5.74, 6) is -10.7. The number of aromatic hydroxyl groups is 1. The van der Waals surface area contributed by atoms with Crippen LogP contribution in [0.5, 0.6) is 5.75 Å². The van der Waals surface area contributed by atoms with Crippen LogP contribution in [-0.2, 0) is 65.6 Å². The molecule has 7 atom stereocenters. The molecule has 1 aliphatic heterocycles. The molecular formula is C40H58N14O12. The number of nitrogens with one attached hydrogen (secondary N) is 9. The minimum atomic E-state index is -1.79. The zero-order chi connectivity index (χ0) is 49.1. The number of nitrogens with two attached hydrogens (primary N) is 3. The Labute approximate surface area is 378 Å². The molecule has 26 heteroatoms. The second kappa shape index (κ2) is 25.6. The van der Waals surface area contributed by atoms with Crippen LogP contribution < -0.4 is 59.7 Å². The summed E-state index contributed by atoms with van der Waals surface area (Å²) in [6.07, 6.45) is 1.17. The maximum Gasteiger partial charge on any atom is 0.246 e. The zero-order valence-electron chi connectivity index (χ0n) is 36.6. The van der Waals surface area contributed by atoms with Gasteiger partial charge in [0.05, 0.1) is 32.4 Å². The summed E-state index contributed by atoms with van der Waals surface area (Å²) in [5, 5.41) is 29.7. The first kappa shape index (κ1) is 52.7. The number of carbonyl (C=O) groups excluding carboxylic acids is 11. The third-order valence-electron chi connectivity index (χ3n) is 10.2. The average Bonchev–Trinajstić information content (AvgIpc) is 3.77. The number of nitrogens with zero attached hydrogens (tertiary/aromatic N) is 2. The molecule has 0 unspecified atom stereocenters. The summed E-state index contributed by atoms with van der Waals surface area (Å²) < 4.78 is 0. The Balaban J connectivity index is 1.99. The van der Waals surface area contributed by atoms with Gasteiger partial charge in [0, 0.05) is 44.7 Å². The molecule has 3 rings (SSSR count). The molecule has 0 spiro atoms. The normalized spacial score (nSPS) is 20.8. The van der Waals surface area contributed by atoms with Crippen LogP contribution in [0.3, 0.4) is 0 Å². The zero-order valence-corrected chi connectivity index (χ0v) is 36.6. The van der Waals surface area contributed by atoms with Gasteiger partial charge in [0.2, 0.25) is 65.0 Å². The van der Waals surface area contributed by atoms with Crippen molar-refractivity contribution in [3.63, 3.8) is 0 Å². The van der Waals surface area contributed by atoms with Crippen LogP contribution in [0.15, 0.2) is 36.8 Å². The smallest absolute Gasteiger partial charge is 0.246 e. The first-order valence-electron chi connectivity index (χ1n) is 20.8. The topological polar surface area (TPSA) is 414 Å². The molecule has 0 radical (unpaired) electrons. The van der Waals surface area contributed by atoms with E-state index in [1.54, 1.807) is 13.8 Å². The molecule has 16 N–H and O–H groups in total. The summed E-state index contributed by atoms with van der Waals surface area (Å²) >= 11 is 0. The molecule has 66 heavy (non-hydrogen) atoms. The van der Waals surface area contributed by atoms with E-state index in [4.69, 9.17) is 17.2 Å². The Morgan fingerprint density at radius 2 is 1.50 bits per heavy atom. The SMILES string of the molecule is CC[C@H](C)[C@@H]1NC(=O)[C@H](Cc2ccc(O)cc2)NC(=O)CNC[C@@H](C(=O)N(C)CC(=O)N[C@@H](Cc2cnc[nH]2)C(=O)NCC(N)=O)NC(=O)[C@H](CC(N)=O)NC(=O)[C@H](CCC(N)=O)NC1=O. The highest BCUT2D eigenvalue weighted by Crippen LogP contribution is 2.14. The molecule has 360 valence electrons. The van der Waals surface area contributed by atoms with Gasteiger partial charge in [-0.25, -0.2) is 4.98 Å². The maximum absolute atomic E-state index is 14.0. The van der Waals surface area contributed by atoms with Crippen LogP contribution in [0.4, 0.5) is 0 Å². The minimum Gasteiger partial charge on any atom is -0.508 e. The van der Waals surface area contributed by atoms with Gasteiger partial charge in [0.25, 0.3) is 0 Å². The molecule has 2 aromatic rings. The fourth-order valence-electron chi connectivity index (χ4n) is 6.50. The van der Waals surface area contributed by atoms with Gasteiger partial charge in [-0.1, -0.05) is 32.4 Å². The molecule has 2 heterocycles. The van der Waals surface area contributed by atoms with Crippen molar-refractivity contribution in [1.29, 1.82) is 0 Å². The van der Waals surface area contributed by atoms with Gasteiger partial charge in [-0.15, -0.1) is 0 Å². The monoisotopic (exact) mass is 926 g/mol. The largest absolute Gasteiger partial charge is 0.508 e. The highest BCUT2D eigenvalue weighted by atomic mass is 16.3. The predicted octanol–water partition coefficient (Wildman–Crippen LogP) is -6.34. The van der Waals surface area contributed by atoms with Gasteiger partial charge < -0.3 is 74.7 Å². The van der Waals surface area contributed by atoms with Crippen LogP contribution in [0.1, 0.15) is 50.8 Å². The van der Waals surface area contributed by atoms with E-state index in [2.05, 4.69) is 52.5 Å². The van der Waals surface area contributed by atoms with E-state index >= 15 is 0 Å². The molecule has 0 aliphatic carbocycles. The van der Waals surface area contributed by atoms with Crippen molar-refractivity contribution < 1.29 is 57.8 Å². The number of hydrogen-bond donors (Lipinski definition) is 13. The fraction of sp³-hybridized carbons (Fsp3) is 0.500. The predicted molar refractivity (Wildman–Crippen MR) is 230 cm³/mol. The lowest BCUT2D eigenvalue weighted by Crippen LogP contribution is -2.62. The molecule has 1 aliphatic rings. The summed E-state index contributed by atoms with van der Waals surface area (Å²) in [6, 6.07) is -3.18. The van der Waals surface area contributed by atoms with Crippen molar-refractivity contribution in [3.05, 3.63) is 48.0 Å². The van der Waals surface area contributed by atoms with Crippen molar-refractivity contribution in [3.8, 4) is 5.75 Å². The first-order chi connectivity index (χ1) is 31.2. The second-order valence-corrected chi connectivity index (χ2v) is 15.6. The maximum atomic E-state index is 14.0. The number of carbonyl (C=O) groups is 11. The number of hydrogen-bond acceptors (Lipinski definition) is 14. The molecule has 0 bridgehead atoms. The molecule has 1 aromatic carbocycles. The molecule has 11 amide bonds. The van der Waals surface area contributed by atoms with Gasteiger partial charge >= 0.3 is 0 Å². The Morgan fingerprint density at radius 1 is 0.848 bits per heavy atom. The van der Waals surface area contributed by atoms with Crippen LogP contribution in [0.25, 0.3) is 0 Å². The highest BCUT2D eigenvalue weighted by molar-refractivity contribution is 5.99. The number of aromatic nitrogens is 2. The second-order valence-electron chi connectivity index (χ2n) is 15.6. The number of likely N-dealkylation sites (N-methyl/N-ethyl adjacent to an activating group) is 1. The standard InChI is InChI=1S/C40H58N14O12/c1-4-20(2)34-39(65)50-24(9-10-29(41)56)36(62)51-27(13-30(42)57)37(63)52-28(15-44-17-32(59)48-25(38(64)53-34)11-21-5-7-23(55)8-6-21)40(66)54(3)18-33(60)49-26(12-22-14-45-19-47-22)35(61)46-16-31(43)58/h5-8,14,19-20,24-28,34,44,55H,4,9-13,15-18H2,1-3H3,(H2,41,56)(H2,42,57)(H2,43,58)(H,45,47)(H,46,61)(H,48,59)(H,49,60)(H,50,65)(H,51,62)(H,52,63)(H,53,64)/t20-,24-,25-,26-,27-,28-,34-/m0/s1. The number of benzene rings is 1. The molecule has 0 saturated carbocycles. The molecule has 1 saturated heterocycles. The van der Waals surface area contributed by atoms with E-state index in [1.165, 1.54) is 43.8 Å². The quantitative estimate of drug-likeness (QED) is 0.0662. The molecule has 26 nitrogen and oxygen atoms in total. The number of H-pyrrole nitrogens is 1. The number of aromatic amines is 1. The molecule has 1 aromatic heterocycles. The number of amides is 11. The summed E-state index contributed by atoms with van der Waals surface area (Å²) in [7, 11) is 1.18. The van der Waals surface area contributed by atoms with Gasteiger partial charge in [-0.3, -0.25) is 52.7 Å². The summed E-state index contributed by atoms with van der Waals surface area (Å²) in [6.45, 7) is 1.03. The van der Waals surface area contributed by atoms with Gasteiger partial charge in [0.1, 0.15) is 42.0 Å². The first-order valence-corrected chi connectivity index (χ1v) is 20.8. The Morgan fingerprint density at radius 3 is 2.11 bits per heavy atom. The lowest BCUT2D eigenvalue weighted by atomic mass is 9.96. The van der Waals surface area contributed by atoms with E-state index in [0.717, 1.165) is 4.90 Å². The highest BCUT2D eigenvalue weighted by Gasteiger charge is 2.36. The van der Waals surface area contributed by atoms with E-state index < -0.39 is 153 Å². The molecule has 1 fully saturated rings. The number of rotatable bonds is 18. The lowest BCUT2D eigenvalue weighted by Gasteiger charge is -2.30. The minimum absolute atomic E-state index is 0.0630. The summed E-state index contributed by atoms with van der Waals surface area (Å²) in [4.78, 5) is 152. The molecular weight excluding hydrogens is 869 g/mol. The van der Waals surface area contributed by atoms with Crippen molar-refractivity contribution in [2.45, 2.75) is 88.6 Å². The van der Waals surface area contributed by atoms with E-state index in [1.807, 2.05) is 0 Å². The van der Waals surface area contributed by atoms with Gasteiger partial charge in [-0.2, -0.15) is 0 Å². The number of primary amides is 3. The van der Waals surface area contributed by atoms with Crippen molar-refractivity contribution in [2.75, 3.05) is 33.2 Å². The number of phenolic OH excluding ortho intramolecular Hbond substituents is 1. The van der Waals surface area contributed by atoms with Crippen molar-refractivity contribution >= 4 is 65.0 Å². The average molecular weight is 927 g/mol. The van der Waals surface area contributed by atoms with Crippen molar-refractivity contribution in [1.82, 2.24) is 57.4 Å². The van der Waals surface area contributed by atoms with Crippen LogP contribution in [0.2, 0.25) is 0 Å². The van der Waals surface area contributed by atoms with Crippen LogP contribution in [0, 0.1) is 5.92 Å². The van der Waals surface area contributed by atoms with Crippen molar-refractivity contribution in [2.24, 2.45) is 23.1 Å². The summed E-state index contributed by atoms with van der Waals surface area (Å²) in [5.41, 5.74) is 16.8. The van der Waals surface area contributed by atoms with E-state index in [-0.39, 0.29) is 18.6 Å². The van der Waals surface area contributed by atoms with Gasteiger partial charge in [-0.05, 0) is 30.0 Å². The van der Waals surface area contributed by atoms with Crippen LogP contribution in [-0.4, -0.2) is 154 Å². The number of imidazole rings is 1.